The second kappa shape index (κ2) is 6.26. The number of benzene rings is 1. The molecule has 1 aromatic carbocycles. The molecule has 0 aliphatic rings. The molecular weight excluding hydrogens is 296 g/mol. The Bertz CT molecular complexity index is 813. The Kier molecular flexibility index (Phi) is 4.22. The van der Waals surface area contributed by atoms with Crippen LogP contribution in [0.4, 0.5) is 17.1 Å². The van der Waals surface area contributed by atoms with Gasteiger partial charge in [0.25, 0.3) is 5.69 Å². The summed E-state index contributed by atoms with van der Waals surface area (Å²) >= 11 is 0. The zero-order valence-corrected chi connectivity index (χ0v) is 10.8. The van der Waals surface area contributed by atoms with E-state index in [1.54, 1.807) is 0 Å². The first-order valence-corrected chi connectivity index (χ1v) is 5.79. The predicted molar refractivity (Wildman–Crippen MR) is 75.9 cm³/mol. The maximum atomic E-state index is 11.0. The van der Waals surface area contributed by atoms with Gasteiger partial charge in [-0.25, -0.2) is 4.79 Å². The van der Waals surface area contributed by atoms with Gasteiger partial charge in [-0.3, -0.25) is 25.7 Å². The summed E-state index contributed by atoms with van der Waals surface area (Å²) in [5, 5.41) is 25.2. The molecule has 112 valence electrons. The average Bonchev–Trinajstić information content (AvgIpc) is 2.47. The number of nitrogens with one attached hydrogen (secondary N) is 1. The number of rotatable bonds is 5. The Morgan fingerprint density at radius 1 is 1.14 bits per heavy atom. The fraction of sp³-hybridized carbons (Fsp3) is 0. The van der Waals surface area contributed by atoms with Crippen LogP contribution in [0.3, 0.4) is 0 Å². The molecular formula is C12H8N4O6. The predicted octanol–water partition coefficient (Wildman–Crippen LogP) is 1.90. The molecule has 1 heterocycles. The monoisotopic (exact) mass is 304 g/mol. The third-order valence-corrected chi connectivity index (χ3v) is 2.48. The van der Waals surface area contributed by atoms with E-state index in [0.29, 0.717) is 0 Å². The molecule has 2 aromatic rings. The zero-order chi connectivity index (χ0) is 16.1. The van der Waals surface area contributed by atoms with Gasteiger partial charge in [0.2, 0.25) is 0 Å². The van der Waals surface area contributed by atoms with Crippen LogP contribution >= 0.6 is 0 Å². The van der Waals surface area contributed by atoms with Crippen molar-refractivity contribution in [3.63, 3.8) is 0 Å². The van der Waals surface area contributed by atoms with Gasteiger partial charge in [-0.1, -0.05) is 6.07 Å². The van der Waals surface area contributed by atoms with Gasteiger partial charge < -0.3 is 4.42 Å². The molecule has 10 heteroatoms. The topological polar surface area (TPSA) is 141 Å². The summed E-state index contributed by atoms with van der Waals surface area (Å²) in [6, 6.07) is 7.23. The van der Waals surface area contributed by atoms with Gasteiger partial charge in [0.15, 0.2) is 5.76 Å². The zero-order valence-electron chi connectivity index (χ0n) is 10.8. The van der Waals surface area contributed by atoms with E-state index >= 15 is 0 Å². The molecule has 0 radical (unpaired) electrons. The van der Waals surface area contributed by atoms with E-state index in [9.17, 15) is 25.0 Å². The lowest BCUT2D eigenvalue weighted by atomic mass is 10.2. The van der Waals surface area contributed by atoms with E-state index in [0.717, 1.165) is 24.4 Å². The van der Waals surface area contributed by atoms with Crippen LogP contribution in [-0.4, -0.2) is 16.1 Å². The number of hydrogen-bond acceptors (Lipinski definition) is 8. The van der Waals surface area contributed by atoms with Crippen LogP contribution in [0.25, 0.3) is 0 Å². The molecule has 0 amide bonds. The fourth-order valence-corrected chi connectivity index (χ4v) is 1.52. The first-order chi connectivity index (χ1) is 10.5. The van der Waals surface area contributed by atoms with Crippen molar-refractivity contribution >= 4 is 23.3 Å². The van der Waals surface area contributed by atoms with E-state index in [1.165, 1.54) is 18.2 Å². The van der Waals surface area contributed by atoms with Gasteiger partial charge in [-0.2, -0.15) is 5.10 Å². The molecule has 0 atom stereocenters. The summed E-state index contributed by atoms with van der Waals surface area (Å²) < 4.78 is 4.78. The summed E-state index contributed by atoms with van der Waals surface area (Å²) in [5.74, 6) is 0.143. The number of non-ortho nitro benzene ring substituents is 1. The van der Waals surface area contributed by atoms with E-state index < -0.39 is 26.8 Å². The molecule has 0 bridgehead atoms. The van der Waals surface area contributed by atoms with Crippen LogP contribution in [-0.2, 0) is 0 Å². The van der Waals surface area contributed by atoms with Crippen LogP contribution in [0.1, 0.15) is 5.76 Å². The fourth-order valence-electron chi connectivity index (χ4n) is 1.52. The lowest BCUT2D eigenvalue weighted by Crippen LogP contribution is -2.00. The lowest BCUT2D eigenvalue weighted by molar-refractivity contribution is -0.393. The maximum absolute atomic E-state index is 11.0. The van der Waals surface area contributed by atoms with Crippen LogP contribution in [0.2, 0.25) is 0 Å². The van der Waals surface area contributed by atoms with E-state index in [1.807, 2.05) is 0 Å². The Balaban J connectivity index is 2.24. The molecule has 0 aliphatic heterocycles. The maximum Gasteiger partial charge on any atom is 0.336 e. The number of nitrogens with zero attached hydrogens (tertiary/aromatic N) is 3. The molecule has 0 spiro atoms. The third-order valence-electron chi connectivity index (χ3n) is 2.48. The number of hydrogen-bond donors (Lipinski definition) is 1. The minimum absolute atomic E-state index is 0.0369. The molecule has 0 aliphatic carbocycles. The highest BCUT2D eigenvalue weighted by atomic mass is 16.6. The van der Waals surface area contributed by atoms with E-state index in [2.05, 4.69) is 10.5 Å². The van der Waals surface area contributed by atoms with Crippen molar-refractivity contribution < 1.29 is 14.3 Å². The molecule has 22 heavy (non-hydrogen) atoms. The number of nitro groups is 2. The minimum atomic E-state index is -0.770. The quantitative estimate of drug-likeness (QED) is 0.505. The average molecular weight is 304 g/mol. The lowest BCUT2D eigenvalue weighted by Gasteiger charge is -2.01. The highest BCUT2D eigenvalue weighted by Gasteiger charge is 2.18. The van der Waals surface area contributed by atoms with Crippen molar-refractivity contribution in [2.45, 2.75) is 0 Å². The molecule has 0 saturated carbocycles. The van der Waals surface area contributed by atoms with Crippen LogP contribution in [0.5, 0.6) is 0 Å². The van der Waals surface area contributed by atoms with Crippen molar-refractivity contribution in [2.24, 2.45) is 5.10 Å². The third kappa shape index (κ3) is 3.50. The normalized spacial score (nSPS) is 10.5. The summed E-state index contributed by atoms with van der Waals surface area (Å²) in [6.07, 6.45) is 1.15. The minimum Gasteiger partial charge on any atom is -0.422 e. The molecule has 1 N–H and O–H groups in total. The number of nitro benzene ring substituents is 2. The van der Waals surface area contributed by atoms with Gasteiger partial charge in [0, 0.05) is 12.1 Å². The summed E-state index contributed by atoms with van der Waals surface area (Å²) in [5.41, 5.74) is 0.864. The molecule has 0 unspecified atom stereocenters. The standard InChI is InChI=1S/C12H8N4O6/c17-12-3-1-2-9(22-12)7-13-14-10-5-4-8(15(18)19)6-11(10)16(20)21/h1-7,14H/b13-7+. The van der Waals surface area contributed by atoms with Crippen molar-refractivity contribution in [3.05, 3.63) is 72.8 Å². The van der Waals surface area contributed by atoms with Crippen LogP contribution < -0.4 is 11.1 Å². The van der Waals surface area contributed by atoms with Gasteiger partial charge in [0.05, 0.1) is 22.1 Å². The van der Waals surface area contributed by atoms with Crippen molar-refractivity contribution in [1.29, 1.82) is 0 Å². The molecule has 1 aromatic heterocycles. The van der Waals surface area contributed by atoms with E-state index in [4.69, 9.17) is 4.42 Å². The number of anilines is 1. The Morgan fingerprint density at radius 2 is 1.91 bits per heavy atom. The summed E-state index contributed by atoms with van der Waals surface area (Å²) in [7, 11) is 0. The molecule has 2 rings (SSSR count). The Labute approximate surface area is 122 Å². The van der Waals surface area contributed by atoms with Gasteiger partial charge >= 0.3 is 11.3 Å². The highest BCUT2D eigenvalue weighted by molar-refractivity contribution is 5.77. The largest absolute Gasteiger partial charge is 0.422 e. The van der Waals surface area contributed by atoms with Gasteiger partial charge in [-0.15, -0.1) is 0 Å². The molecule has 0 saturated heterocycles. The first-order valence-electron chi connectivity index (χ1n) is 5.79. The van der Waals surface area contributed by atoms with Gasteiger partial charge in [0.1, 0.15) is 5.69 Å². The second-order valence-corrected chi connectivity index (χ2v) is 3.93. The van der Waals surface area contributed by atoms with Gasteiger partial charge in [-0.05, 0) is 12.1 Å². The smallest absolute Gasteiger partial charge is 0.336 e. The van der Waals surface area contributed by atoms with Crippen molar-refractivity contribution in [1.82, 2.24) is 0 Å². The molecule has 0 fully saturated rings. The van der Waals surface area contributed by atoms with E-state index in [-0.39, 0.29) is 11.4 Å². The molecule has 10 nitrogen and oxygen atoms in total. The highest BCUT2D eigenvalue weighted by Crippen LogP contribution is 2.28. The summed E-state index contributed by atoms with van der Waals surface area (Å²) in [4.78, 5) is 31.0. The van der Waals surface area contributed by atoms with Crippen molar-refractivity contribution in [2.75, 3.05) is 5.43 Å². The number of hydrazone groups is 1. The van der Waals surface area contributed by atoms with Crippen LogP contribution in [0, 0.1) is 20.2 Å². The van der Waals surface area contributed by atoms with Crippen LogP contribution in [0.15, 0.2) is 50.7 Å². The Morgan fingerprint density at radius 3 is 2.55 bits per heavy atom. The first kappa shape index (κ1) is 14.8. The summed E-state index contributed by atoms with van der Waals surface area (Å²) in [6.45, 7) is 0. The SMILES string of the molecule is O=c1cccc(/C=N/Nc2ccc([N+](=O)[O-])cc2[N+](=O)[O-])o1. The van der Waals surface area contributed by atoms with Crippen molar-refractivity contribution in [3.8, 4) is 0 Å². The second-order valence-electron chi connectivity index (χ2n) is 3.93. The Hall–Kier alpha value is -3.56.